The van der Waals surface area contributed by atoms with Gasteiger partial charge in [-0.15, -0.1) is 11.3 Å². The molecule has 0 fully saturated rings. The predicted molar refractivity (Wildman–Crippen MR) is 56.9 cm³/mol. The van der Waals surface area contributed by atoms with Crippen LogP contribution in [-0.2, 0) is 0 Å². The molecule has 0 saturated heterocycles. The predicted octanol–water partition coefficient (Wildman–Crippen LogP) is 3.27. The molecule has 0 aliphatic rings. The normalized spacial score (nSPS) is 10.1. The number of hydrogen-bond donors (Lipinski definition) is 0. The van der Waals surface area contributed by atoms with Crippen molar-refractivity contribution in [3.8, 4) is 17.3 Å². The number of aryl methyl sites for hydroxylation is 1. The van der Waals surface area contributed by atoms with Gasteiger partial charge in [-0.1, -0.05) is 0 Å². The molecule has 5 heteroatoms. The first-order valence-electron chi connectivity index (χ1n) is 4.45. The largest absolute Gasteiger partial charge is 0.240 e. The van der Waals surface area contributed by atoms with Gasteiger partial charge in [0.05, 0.1) is 5.01 Å². The minimum atomic E-state index is -0.707. The second kappa shape index (κ2) is 3.99. The van der Waals surface area contributed by atoms with E-state index in [1.807, 2.05) is 6.07 Å². The summed E-state index contributed by atoms with van der Waals surface area (Å²) >= 11 is 1.19. The number of hydrogen-bond acceptors (Lipinski definition) is 3. The monoisotopic (exact) mass is 236 g/mol. The van der Waals surface area contributed by atoms with E-state index < -0.39 is 11.6 Å². The van der Waals surface area contributed by atoms with E-state index in [9.17, 15) is 8.78 Å². The number of nitrogens with zero attached hydrogens (tertiary/aromatic N) is 2. The Kier molecular flexibility index (Phi) is 2.67. The van der Waals surface area contributed by atoms with E-state index in [2.05, 4.69) is 4.98 Å². The van der Waals surface area contributed by atoms with E-state index >= 15 is 0 Å². The van der Waals surface area contributed by atoms with Gasteiger partial charge in [0.15, 0.2) is 0 Å². The molecule has 0 bridgehead atoms. The fourth-order valence-corrected chi connectivity index (χ4v) is 2.10. The van der Waals surface area contributed by atoms with Gasteiger partial charge in [-0.2, -0.15) is 5.26 Å². The van der Waals surface area contributed by atoms with Gasteiger partial charge < -0.3 is 0 Å². The van der Waals surface area contributed by atoms with E-state index in [0.29, 0.717) is 9.88 Å². The van der Waals surface area contributed by atoms with Crippen LogP contribution in [0.4, 0.5) is 8.78 Å². The molecule has 0 amide bonds. The summed E-state index contributed by atoms with van der Waals surface area (Å²) in [5.74, 6) is -1.35. The maximum Gasteiger partial charge on any atom is 0.135 e. The average Bonchev–Trinajstić information content (AvgIpc) is 2.59. The minimum Gasteiger partial charge on any atom is -0.240 e. The Morgan fingerprint density at radius 1 is 1.38 bits per heavy atom. The molecule has 1 aromatic carbocycles. The number of halogens is 2. The van der Waals surface area contributed by atoms with Crippen molar-refractivity contribution >= 4 is 11.3 Å². The summed E-state index contributed by atoms with van der Waals surface area (Å²) in [5.41, 5.74) is 0.435. The fraction of sp³-hybridized carbons (Fsp3) is 0.0909. The maximum absolute atomic E-state index is 13.5. The van der Waals surface area contributed by atoms with E-state index in [1.165, 1.54) is 17.4 Å². The van der Waals surface area contributed by atoms with Crippen molar-refractivity contribution in [1.82, 2.24) is 4.98 Å². The Morgan fingerprint density at radius 2 is 2.12 bits per heavy atom. The molecular weight excluding hydrogens is 230 g/mol. The summed E-state index contributed by atoms with van der Waals surface area (Å²) in [6.07, 6.45) is 0. The molecule has 0 aliphatic carbocycles. The summed E-state index contributed by atoms with van der Waals surface area (Å²) in [6, 6.07) is 5.17. The summed E-state index contributed by atoms with van der Waals surface area (Å²) in [6.45, 7) is 1.73. The van der Waals surface area contributed by atoms with Gasteiger partial charge in [0.1, 0.15) is 28.3 Å². The third-order valence-electron chi connectivity index (χ3n) is 2.02. The summed E-state index contributed by atoms with van der Waals surface area (Å²) in [4.78, 5) is 4.41. The van der Waals surface area contributed by atoms with E-state index in [-0.39, 0.29) is 11.3 Å². The highest BCUT2D eigenvalue weighted by atomic mass is 32.1. The summed E-state index contributed by atoms with van der Waals surface area (Å²) < 4.78 is 26.2. The van der Waals surface area contributed by atoms with Crippen molar-refractivity contribution in [3.63, 3.8) is 0 Å². The molecule has 1 aromatic heterocycles. The fourth-order valence-electron chi connectivity index (χ4n) is 1.37. The van der Waals surface area contributed by atoms with E-state index in [0.717, 1.165) is 12.1 Å². The number of benzene rings is 1. The Labute approximate surface area is 94.8 Å². The zero-order valence-corrected chi connectivity index (χ0v) is 9.11. The van der Waals surface area contributed by atoms with Crippen LogP contribution in [0.5, 0.6) is 0 Å². The van der Waals surface area contributed by atoms with Gasteiger partial charge >= 0.3 is 0 Å². The quantitative estimate of drug-likeness (QED) is 0.762. The van der Waals surface area contributed by atoms with Crippen LogP contribution in [-0.4, -0.2) is 4.98 Å². The molecule has 0 radical (unpaired) electrons. The third-order valence-corrected chi connectivity index (χ3v) is 2.90. The average molecular weight is 236 g/mol. The van der Waals surface area contributed by atoms with Crippen LogP contribution in [0.3, 0.4) is 0 Å². The maximum atomic E-state index is 13.5. The molecule has 2 rings (SSSR count). The second-order valence-corrected chi connectivity index (χ2v) is 4.35. The van der Waals surface area contributed by atoms with Gasteiger partial charge in [-0.25, -0.2) is 13.8 Å². The van der Waals surface area contributed by atoms with Crippen LogP contribution >= 0.6 is 11.3 Å². The third kappa shape index (κ3) is 1.79. The van der Waals surface area contributed by atoms with Crippen LogP contribution in [0.1, 0.15) is 9.88 Å². The van der Waals surface area contributed by atoms with Crippen LogP contribution in [0.25, 0.3) is 11.3 Å². The molecular formula is C11H6F2N2S. The molecule has 1 heterocycles. The summed E-state index contributed by atoms with van der Waals surface area (Å²) in [5, 5.41) is 9.54. The lowest BCUT2D eigenvalue weighted by atomic mass is 10.1. The van der Waals surface area contributed by atoms with Crippen molar-refractivity contribution in [1.29, 1.82) is 5.26 Å². The molecule has 0 spiro atoms. The smallest absolute Gasteiger partial charge is 0.135 e. The molecule has 0 aliphatic heterocycles. The van der Waals surface area contributed by atoms with Crippen molar-refractivity contribution in [2.24, 2.45) is 0 Å². The lowest BCUT2D eigenvalue weighted by Crippen LogP contribution is -1.88. The van der Waals surface area contributed by atoms with Crippen molar-refractivity contribution in [2.45, 2.75) is 6.92 Å². The lowest BCUT2D eigenvalue weighted by molar-refractivity contribution is 0.585. The first kappa shape index (κ1) is 10.7. The van der Waals surface area contributed by atoms with Gasteiger partial charge in [-0.3, -0.25) is 0 Å². The second-order valence-electron chi connectivity index (χ2n) is 3.15. The highest BCUT2D eigenvalue weighted by Crippen LogP contribution is 2.29. The van der Waals surface area contributed by atoms with Crippen molar-refractivity contribution < 1.29 is 8.78 Å². The highest BCUT2D eigenvalue weighted by Gasteiger charge is 2.15. The van der Waals surface area contributed by atoms with Crippen molar-refractivity contribution in [3.05, 3.63) is 39.7 Å². The van der Waals surface area contributed by atoms with Crippen LogP contribution in [0, 0.1) is 29.9 Å². The Hall–Kier alpha value is -1.80. The number of thiazole rings is 1. The standard InChI is InChI=1S/C11H6F2N2S/c1-6-15-11(10(5-14)16-6)8-3-2-7(12)4-9(8)13/h2-4H,1H3. The van der Waals surface area contributed by atoms with Gasteiger partial charge in [0.25, 0.3) is 0 Å². The SMILES string of the molecule is Cc1nc(-c2ccc(F)cc2F)c(C#N)s1. The number of nitriles is 1. The first-order valence-corrected chi connectivity index (χ1v) is 5.26. The minimum absolute atomic E-state index is 0.155. The Balaban J connectivity index is 2.63. The Morgan fingerprint density at radius 3 is 2.75 bits per heavy atom. The molecule has 0 atom stereocenters. The number of aromatic nitrogens is 1. The molecule has 0 saturated carbocycles. The van der Waals surface area contributed by atoms with Crippen LogP contribution in [0.2, 0.25) is 0 Å². The summed E-state index contributed by atoms with van der Waals surface area (Å²) in [7, 11) is 0. The van der Waals surface area contributed by atoms with Crippen LogP contribution in [0.15, 0.2) is 18.2 Å². The highest BCUT2D eigenvalue weighted by molar-refractivity contribution is 7.12. The lowest BCUT2D eigenvalue weighted by Gasteiger charge is -1.99. The molecule has 2 aromatic rings. The number of rotatable bonds is 1. The van der Waals surface area contributed by atoms with Gasteiger partial charge in [0, 0.05) is 11.6 Å². The topological polar surface area (TPSA) is 36.7 Å². The first-order chi connectivity index (χ1) is 7.61. The van der Waals surface area contributed by atoms with Crippen LogP contribution < -0.4 is 0 Å². The Bertz CT molecular complexity index is 584. The van der Waals surface area contributed by atoms with Gasteiger partial charge in [0.2, 0.25) is 0 Å². The van der Waals surface area contributed by atoms with E-state index in [1.54, 1.807) is 6.92 Å². The molecule has 80 valence electrons. The van der Waals surface area contributed by atoms with Crippen molar-refractivity contribution in [2.75, 3.05) is 0 Å². The van der Waals surface area contributed by atoms with E-state index in [4.69, 9.17) is 5.26 Å². The molecule has 0 N–H and O–H groups in total. The zero-order valence-electron chi connectivity index (χ0n) is 8.29. The molecule has 0 unspecified atom stereocenters. The zero-order chi connectivity index (χ0) is 11.7. The molecule has 2 nitrogen and oxygen atoms in total. The molecule has 16 heavy (non-hydrogen) atoms. The van der Waals surface area contributed by atoms with Gasteiger partial charge in [-0.05, 0) is 19.1 Å².